The first-order chi connectivity index (χ1) is 5.13. The fourth-order valence-corrected chi connectivity index (χ4v) is 0.395. The maximum atomic E-state index is 10.6. The van der Waals surface area contributed by atoms with Crippen LogP contribution in [0.25, 0.3) is 0 Å². The molecule has 11 heavy (non-hydrogen) atoms. The van der Waals surface area contributed by atoms with Gasteiger partial charge in [-0.3, -0.25) is 0 Å². The number of carbonyl (C=O) groups is 2. The van der Waals surface area contributed by atoms with Crippen molar-refractivity contribution in [2.75, 3.05) is 6.61 Å². The van der Waals surface area contributed by atoms with Crippen molar-refractivity contribution in [2.24, 2.45) is 10.9 Å². The van der Waals surface area contributed by atoms with Gasteiger partial charge in [-0.25, -0.2) is 9.59 Å². The minimum Gasteiger partial charge on any atom is -0.476 e. The average Bonchev–Trinajstić information content (AvgIpc) is 1.88. The second-order valence-corrected chi connectivity index (χ2v) is 1.50. The Hall–Kier alpha value is -1.59. The highest BCUT2D eigenvalue weighted by molar-refractivity contribution is 6.62. The van der Waals surface area contributed by atoms with Gasteiger partial charge in [0.1, 0.15) is 0 Å². The van der Waals surface area contributed by atoms with Crippen LogP contribution >= 0.6 is 0 Å². The van der Waals surface area contributed by atoms with Gasteiger partial charge in [0.15, 0.2) is 0 Å². The van der Waals surface area contributed by atoms with Gasteiger partial charge in [-0.05, 0) is 6.92 Å². The first-order valence-corrected chi connectivity index (χ1v) is 2.81. The van der Waals surface area contributed by atoms with Gasteiger partial charge < -0.3 is 15.7 Å². The number of ether oxygens (including phenoxy) is 1. The quantitative estimate of drug-likeness (QED) is 0.180. The molecule has 0 aromatic heterocycles. The molecule has 0 unspecified atom stereocenters. The molecule has 0 aromatic rings. The number of hydrogen-bond donors (Lipinski definition) is 2. The summed E-state index contributed by atoms with van der Waals surface area (Å²) in [6.07, 6.45) is 0. The highest BCUT2D eigenvalue weighted by Crippen LogP contribution is 1.83. The number of rotatable bonds is 3. The number of hydrogen-bond acceptors (Lipinski definition) is 5. The van der Waals surface area contributed by atoms with Crippen LogP contribution in [0.3, 0.4) is 0 Å². The molecular formula is C5H8N2O4. The summed E-state index contributed by atoms with van der Waals surface area (Å²) >= 11 is 0. The van der Waals surface area contributed by atoms with Crippen LogP contribution in [-0.4, -0.2) is 29.4 Å². The molecule has 3 N–H and O–H groups in total. The number of carbonyl (C=O) groups excluding carboxylic acids is 1. The van der Waals surface area contributed by atoms with Crippen molar-refractivity contribution in [1.29, 1.82) is 0 Å². The first kappa shape index (κ1) is 9.41. The predicted octanol–water partition coefficient (Wildman–Crippen LogP) is -1.05. The molecule has 0 bridgehead atoms. The maximum absolute atomic E-state index is 10.6. The zero-order valence-electron chi connectivity index (χ0n) is 5.90. The highest BCUT2D eigenvalue weighted by atomic mass is 16.5. The van der Waals surface area contributed by atoms with Crippen molar-refractivity contribution in [3.05, 3.63) is 0 Å². The second-order valence-electron chi connectivity index (χ2n) is 1.50. The lowest BCUT2D eigenvalue weighted by atomic mass is 10.4. The van der Waals surface area contributed by atoms with E-state index in [0.717, 1.165) is 0 Å². The smallest absolute Gasteiger partial charge is 0.366 e. The van der Waals surface area contributed by atoms with Crippen LogP contribution in [0.1, 0.15) is 6.92 Å². The molecule has 0 aliphatic heterocycles. The number of aliphatic carboxylic acids is 1. The fourth-order valence-electron chi connectivity index (χ4n) is 0.395. The molecule has 0 spiro atoms. The fraction of sp³-hybridized carbons (Fsp3) is 0.400. The van der Waals surface area contributed by atoms with E-state index in [0.29, 0.717) is 0 Å². The first-order valence-electron chi connectivity index (χ1n) is 2.81. The third kappa shape index (κ3) is 2.65. The molecule has 0 atom stereocenters. The summed E-state index contributed by atoms with van der Waals surface area (Å²) in [4.78, 5) is 20.7. The Morgan fingerprint density at radius 1 is 1.64 bits per heavy atom. The second kappa shape index (κ2) is 4.26. The summed E-state index contributed by atoms with van der Waals surface area (Å²) in [6.45, 7) is 1.64. The van der Waals surface area contributed by atoms with Crippen LogP contribution in [0.2, 0.25) is 0 Å². The van der Waals surface area contributed by atoms with E-state index in [-0.39, 0.29) is 6.61 Å². The largest absolute Gasteiger partial charge is 0.476 e. The number of esters is 1. The number of nitrogens with two attached hydrogens (primary N) is 1. The van der Waals surface area contributed by atoms with Gasteiger partial charge in [0.25, 0.3) is 5.71 Å². The van der Waals surface area contributed by atoms with Crippen LogP contribution < -0.4 is 5.84 Å². The van der Waals surface area contributed by atoms with E-state index >= 15 is 0 Å². The van der Waals surface area contributed by atoms with Crippen molar-refractivity contribution in [2.45, 2.75) is 6.92 Å². The van der Waals surface area contributed by atoms with Gasteiger partial charge in [0, 0.05) is 0 Å². The third-order valence-electron chi connectivity index (χ3n) is 0.800. The molecule has 0 radical (unpaired) electrons. The van der Waals surface area contributed by atoms with Gasteiger partial charge in [-0.15, -0.1) is 0 Å². The summed E-state index contributed by atoms with van der Waals surface area (Å²) < 4.78 is 4.33. The molecule has 0 rings (SSSR count). The molecule has 0 saturated carbocycles. The van der Waals surface area contributed by atoms with Crippen LogP contribution in [0.5, 0.6) is 0 Å². The Balaban J connectivity index is 4.29. The predicted molar refractivity (Wildman–Crippen MR) is 35.9 cm³/mol. The van der Waals surface area contributed by atoms with Crippen molar-refractivity contribution in [3.63, 3.8) is 0 Å². The van der Waals surface area contributed by atoms with E-state index in [1.165, 1.54) is 0 Å². The van der Waals surface area contributed by atoms with Gasteiger partial charge in [-0.2, -0.15) is 5.10 Å². The Morgan fingerprint density at radius 2 is 2.18 bits per heavy atom. The lowest BCUT2D eigenvalue weighted by Crippen LogP contribution is -2.27. The van der Waals surface area contributed by atoms with E-state index in [2.05, 4.69) is 15.7 Å². The SMILES string of the molecule is CCOC(=O)C(=NN)C(=O)O. The van der Waals surface area contributed by atoms with Crippen molar-refractivity contribution in [3.8, 4) is 0 Å². The van der Waals surface area contributed by atoms with Crippen molar-refractivity contribution >= 4 is 17.7 Å². The molecule has 0 aliphatic carbocycles. The Morgan fingerprint density at radius 3 is 2.45 bits per heavy atom. The van der Waals surface area contributed by atoms with Crippen LogP contribution in [-0.2, 0) is 14.3 Å². The van der Waals surface area contributed by atoms with Crippen LogP contribution in [0.15, 0.2) is 5.10 Å². The monoisotopic (exact) mass is 160 g/mol. The number of carboxylic acid groups (broad SMARTS) is 1. The molecule has 62 valence electrons. The van der Waals surface area contributed by atoms with E-state index in [9.17, 15) is 9.59 Å². The third-order valence-corrected chi connectivity index (χ3v) is 0.800. The van der Waals surface area contributed by atoms with E-state index in [1.54, 1.807) is 6.92 Å². The summed E-state index contributed by atoms with van der Waals surface area (Å²) in [6, 6.07) is 0. The Kier molecular flexibility index (Phi) is 3.65. The van der Waals surface area contributed by atoms with Gasteiger partial charge in [0.2, 0.25) is 0 Å². The van der Waals surface area contributed by atoms with Crippen LogP contribution in [0.4, 0.5) is 0 Å². The number of carboxylic acids is 1. The molecule has 0 heterocycles. The standard InChI is InChI=1S/C5H8N2O4/c1-2-11-5(10)3(7-6)4(8)9/h2,6H2,1H3,(H,8,9). The minimum absolute atomic E-state index is 0.0884. The van der Waals surface area contributed by atoms with E-state index in [1.807, 2.05) is 0 Å². The van der Waals surface area contributed by atoms with E-state index in [4.69, 9.17) is 5.11 Å². The molecular weight excluding hydrogens is 152 g/mol. The number of nitrogens with zero attached hydrogens (tertiary/aromatic N) is 1. The van der Waals surface area contributed by atoms with Gasteiger partial charge >= 0.3 is 11.9 Å². The molecule has 0 saturated heterocycles. The summed E-state index contributed by atoms with van der Waals surface area (Å²) in [5, 5.41) is 11.0. The lowest BCUT2D eigenvalue weighted by Gasteiger charge is -1.98. The highest BCUT2D eigenvalue weighted by Gasteiger charge is 2.20. The molecule has 6 nitrogen and oxygen atoms in total. The maximum Gasteiger partial charge on any atom is 0.366 e. The van der Waals surface area contributed by atoms with E-state index < -0.39 is 17.7 Å². The van der Waals surface area contributed by atoms with Crippen LogP contribution in [0, 0.1) is 0 Å². The summed E-state index contributed by atoms with van der Waals surface area (Å²) in [5.41, 5.74) is -0.799. The zero-order valence-corrected chi connectivity index (χ0v) is 5.90. The Bertz CT molecular complexity index is 199. The molecule has 0 amide bonds. The molecule has 0 aromatic carbocycles. The lowest BCUT2D eigenvalue weighted by molar-refractivity contribution is -0.138. The van der Waals surface area contributed by atoms with Crippen molar-refractivity contribution in [1.82, 2.24) is 0 Å². The Labute approximate surface area is 62.6 Å². The van der Waals surface area contributed by atoms with Gasteiger partial charge in [-0.1, -0.05) is 0 Å². The molecule has 0 aliphatic rings. The zero-order chi connectivity index (χ0) is 8.85. The minimum atomic E-state index is -1.49. The summed E-state index contributed by atoms with van der Waals surface area (Å²) in [5.74, 6) is 2.09. The van der Waals surface area contributed by atoms with Gasteiger partial charge in [0.05, 0.1) is 6.61 Å². The normalized spacial score (nSPS) is 10.8. The number of hydrazone groups is 1. The topological polar surface area (TPSA) is 102 Å². The molecule has 0 fully saturated rings. The summed E-state index contributed by atoms with van der Waals surface area (Å²) in [7, 11) is 0. The van der Waals surface area contributed by atoms with Crippen molar-refractivity contribution < 1.29 is 19.4 Å². The molecule has 6 heteroatoms. The average molecular weight is 160 g/mol.